The predicted octanol–water partition coefficient (Wildman–Crippen LogP) is 26.3. The summed E-state index contributed by atoms with van der Waals surface area (Å²) >= 11 is 3.80. The minimum Gasteiger partial charge on any atom is -0.311 e. The van der Waals surface area contributed by atoms with E-state index in [4.69, 9.17) is 0 Å². The first-order chi connectivity index (χ1) is 45.8. The highest BCUT2D eigenvalue weighted by Gasteiger charge is 2.44. The monoisotopic (exact) mass is 1320 g/mol. The molecule has 12 rings (SSSR count). The van der Waals surface area contributed by atoms with Crippen molar-refractivity contribution in [2.75, 3.05) is 29.4 Å². The molecule has 0 spiro atoms. The van der Waals surface area contributed by atoms with Gasteiger partial charge in [0.15, 0.2) is 0 Å². The Morgan fingerprint density at radius 1 is 0.330 bits per heavy atom. The van der Waals surface area contributed by atoms with Crippen LogP contribution in [0, 0.1) is 11.5 Å². The molecule has 2 aliphatic rings. The first kappa shape index (κ1) is 68.9. The third-order valence-electron chi connectivity index (χ3n) is 19.4. The molecule has 0 bridgehead atoms. The van der Waals surface area contributed by atoms with Crippen LogP contribution in [0.1, 0.15) is 153 Å². The summed E-state index contributed by atoms with van der Waals surface area (Å²) in [5.41, 5.74) is 28.6. The normalized spacial score (nSPS) is 12.8. The molecular formula is C89H100BrN3Si. The Labute approximate surface area is 575 Å². The molecule has 0 fully saturated rings. The first-order valence-corrected chi connectivity index (χ1v) is 39.6. The van der Waals surface area contributed by atoms with Gasteiger partial charge in [-0.2, -0.15) is 0 Å². The molecule has 0 atom stereocenters. The summed E-state index contributed by atoms with van der Waals surface area (Å²) in [4.78, 5) is 7.02. The van der Waals surface area contributed by atoms with Crippen LogP contribution in [-0.2, 0) is 10.8 Å². The van der Waals surface area contributed by atoms with Crippen LogP contribution < -0.4 is 9.80 Å². The van der Waals surface area contributed by atoms with E-state index in [-0.39, 0.29) is 10.8 Å². The molecule has 0 radical (unpaired) electrons. The van der Waals surface area contributed by atoms with Crippen LogP contribution in [0.4, 0.5) is 34.1 Å². The molecule has 10 aromatic carbocycles. The highest BCUT2D eigenvalue weighted by atomic mass is 79.9. The van der Waals surface area contributed by atoms with Gasteiger partial charge >= 0.3 is 0 Å². The fourth-order valence-corrected chi connectivity index (χ4v) is 15.3. The van der Waals surface area contributed by atoms with Gasteiger partial charge in [-0.15, -0.1) is 5.54 Å². The van der Waals surface area contributed by atoms with E-state index in [1.165, 1.54) is 173 Å². The fraction of sp³-hybridized carbons (Fsp3) is 0.303. The van der Waals surface area contributed by atoms with Crippen molar-refractivity contribution in [2.45, 2.75) is 156 Å². The summed E-state index contributed by atoms with van der Waals surface area (Å²) in [6.45, 7) is 26.4. The second-order valence-corrected chi connectivity index (χ2v) is 32.4. The van der Waals surface area contributed by atoms with Gasteiger partial charge in [-0.3, -0.25) is 0 Å². The zero-order chi connectivity index (χ0) is 66.1. The van der Waals surface area contributed by atoms with Crippen LogP contribution in [0.5, 0.6) is 0 Å². The lowest BCUT2D eigenvalue weighted by Crippen LogP contribution is -2.25. The lowest BCUT2D eigenvalue weighted by atomic mass is 9.70. The summed E-state index contributed by atoms with van der Waals surface area (Å²) in [7, 11) is -1.47. The molecule has 0 heterocycles. The molecule has 5 heteroatoms. The number of halogens is 1. The van der Waals surface area contributed by atoms with E-state index in [1.807, 2.05) is 0 Å². The Morgan fingerprint density at radius 2 is 0.628 bits per heavy atom. The number of benzene rings is 10. The van der Waals surface area contributed by atoms with Gasteiger partial charge in [-0.25, -0.2) is 0 Å². The smallest absolute Gasteiger partial charge is 0.129 e. The molecule has 94 heavy (non-hydrogen) atoms. The number of para-hydroxylation sites is 4. The molecule has 3 nitrogen and oxygen atoms in total. The van der Waals surface area contributed by atoms with Crippen molar-refractivity contribution in [3.05, 3.63) is 275 Å². The van der Waals surface area contributed by atoms with Crippen molar-refractivity contribution >= 4 is 58.1 Å². The lowest BCUT2D eigenvalue weighted by Gasteiger charge is -2.33. The van der Waals surface area contributed by atoms with Crippen LogP contribution in [0.3, 0.4) is 0 Å². The van der Waals surface area contributed by atoms with Crippen molar-refractivity contribution in [1.82, 2.24) is 4.90 Å². The number of fused-ring (bicyclic) bond motifs is 6. The number of hydrogen-bond acceptors (Lipinski definition) is 3. The van der Waals surface area contributed by atoms with E-state index in [1.54, 1.807) is 0 Å². The Bertz CT molecular complexity index is 3980. The third-order valence-corrected chi connectivity index (χ3v) is 20.8. The molecule has 0 saturated carbocycles. The van der Waals surface area contributed by atoms with E-state index in [0.29, 0.717) is 0 Å². The van der Waals surface area contributed by atoms with Crippen LogP contribution in [0.15, 0.2) is 247 Å². The molecule has 10 aromatic rings. The van der Waals surface area contributed by atoms with E-state index in [0.717, 1.165) is 34.1 Å². The second kappa shape index (κ2) is 32.4. The number of anilines is 6. The van der Waals surface area contributed by atoms with Gasteiger partial charge in [0.1, 0.15) is 8.07 Å². The Kier molecular flexibility index (Phi) is 23.8. The van der Waals surface area contributed by atoms with Crippen molar-refractivity contribution < 1.29 is 0 Å². The zero-order valence-electron chi connectivity index (χ0n) is 57.9. The topological polar surface area (TPSA) is 9.72 Å². The molecule has 0 aromatic heterocycles. The molecule has 482 valence electrons. The molecule has 2 aliphatic carbocycles. The molecule has 0 aliphatic heterocycles. The van der Waals surface area contributed by atoms with Gasteiger partial charge < -0.3 is 14.7 Å². The lowest BCUT2D eigenvalue weighted by molar-refractivity contribution is 0.321. The molecule has 0 N–H and O–H groups in total. The van der Waals surface area contributed by atoms with E-state index in [9.17, 15) is 0 Å². The summed E-state index contributed by atoms with van der Waals surface area (Å²) < 4.78 is 1.18. The van der Waals surface area contributed by atoms with E-state index >= 15 is 0 Å². The third kappa shape index (κ3) is 15.7. The van der Waals surface area contributed by atoms with Gasteiger partial charge in [-0.05, 0) is 221 Å². The maximum absolute atomic E-state index is 3.80. The quantitative estimate of drug-likeness (QED) is 0.0467. The van der Waals surface area contributed by atoms with Crippen LogP contribution in [0.2, 0.25) is 19.6 Å². The second-order valence-electron chi connectivity index (χ2n) is 26.8. The number of rotatable bonds is 23. The van der Waals surface area contributed by atoms with Gasteiger partial charge in [0.05, 0.1) is 0 Å². The molecular weight excluding hydrogens is 1220 g/mol. The van der Waals surface area contributed by atoms with Crippen LogP contribution in [-0.4, -0.2) is 32.6 Å². The standard InChI is InChI=1S/C44H47NSi.C39H38BrN.C6H15N/c1-6-8-29-44(30-9-7-2)42-32-34(28-31-46(3,4)5)20-26-40(42)41-27-23-36(33-43(41)44)35-21-24-39(25-22-35)45(37-16-12-10-13-17-37)38-18-14-11-15-19-38;1-3-5-25-39(26-6-4-2)37-27-30(19-23-35(37)36-24-20-31(40)28-38(36)39)29-17-21-34(22-18-29)41(32-13-9-7-10-14-32)33-15-11-8-12-16-33;1-4-7(5-2)6-3/h10-27,32-33H,6-9,29-30H2,1-5H3;7-24,27-28H,3-6,25-26H2,1-2H3;4-6H2,1-3H3. The van der Waals surface area contributed by atoms with Crippen LogP contribution >= 0.6 is 15.9 Å². The average molecular weight is 1320 g/mol. The van der Waals surface area contributed by atoms with Gasteiger partial charge in [-0.1, -0.05) is 275 Å². The number of hydrogen-bond donors (Lipinski definition) is 0. The number of unbranched alkanes of at least 4 members (excludes halogenated alkanes) is 4. The summed E-state index contributed by atoms with van der Waals surface area (Å²) in [6, 6.07) is 89.2. The van der Waals surface area contributed by atoms with Gasteiger partial charge in [0, 0.05) is 55.0 Å². The minimum atomic E-state index is -1.47. The SMILES string of the molecule is CCCCC1(CCCC)c2cc(Br)ccc2-c2ccc(-c3ccc(N(c4ccccc4)c4ccccc4)cc3)cc21.CCCCC1(CCCC)c2cc(C#C[Si](C)(C)C)ccc2-c2ccc(-c3ccc(N(c4ccccc4)c4ccccc4)cc3)cc21.CCN(CC)CC. The minimum absolute atomic E-state index is 0.0287. The van der Waals surface area contributed by atoms with Crippen molar-refractivity contribution in [1.29, 1.82) is 0 Å². The largest absolute Gasteiger partial charge is 0.311 e. The molecule has 0 saturated heterocycles. The fourth-order valence-electron chi connectivity index (χ4n) is 14.4. The highest BCUT2D eigenvalue weighted by molar-refractivity contribution is 9.10. The highest BCUT2D eigenvalue weighted by Crippen LogP contribution is 2.57. The molecule has 0 unspecified atom stereocenters. The average Bonchev–Trinajstić information content (AvgIpc) is 1.43. The van der Waals surface area contributed by atoms with Crippen molar-refractivity contribution in [3.63, 3.8) is 0 Å². The molecule has 0 amide bonds. The van der Waals surface area contributed by atoms with E-state index in [2.05, 4.69) is 353 Å². The van der Waals surface area contributed by atoms with Crippen molar-refractivity contribution in [3.8, 4) is 56.0 Å². The summed E-state index contributed by atoms with van der Waals surface area (Å²) in [5, 5.41) is 0. The Balaban J connectivity index is 0.000000187. The van der Waals surface area contributed by atoms with E-state index < -0.39 is 8.07 Å². The van der Waals surface area contributed by atoms with Gasteiger partial charge in [0.2, 0.25) is 0 Å². The summed E-state index contributed by atoms with van der Waals surface area (Å²) in [5.74, 6) is 3.57. The maximum atomic E-state index is 3.80. The zero-order valence-corrected chi connectivity index (χ0v) is 60.5. The number of nitrogens with zero attached hydrogens (tertiary/aromatic N) is 3. The Hall–Kier alpha value is -7.98. The first-order valence-electron chi connectivity index (χ1n) is 35.3. The predicted molar refractivity (Wildman–Crippen MR) is 415 cm³/mol. The van der Waals surface area contributed by atoms with Crippen molar-refractivity contribution in [2.24, 2.45) is 0 Å². The summed E-state index contributed by atoms with van der Waals surface area (Å²) in [6.07, 6.45) is 14.5. The van der Waals surface area contributed by atoms with Gasteiger partial charge in [0.25, 0.3) is 0 Å². The maximum Gasteiger partial charge on any atom is 0.129 e. The van der Waals surface area contributed by atoms with Crippen LogP contribution in [0.25, 0.3) is 44.5 Å². The Morgan fingerprint density at radius 3 is 0.947 bits per heavy atom.